The summed E-state index contributed by atoms with van der Waals surface area (Å²) in [5, 5.41) is 0. The Morgan fingerprint density at radius 2 is 1.65 bits per heavy atom. The Bertz CT molecular complexity index is 1010. The maximum absolute atomic E-state index is 13.2. The van der Waals surface area contributed by atoms with E-state index >= 15 is 0 Å². The van der Waals surface area contributed by atoms with Crippen LogP contribution in [0.2, 0.25) is 0 Å². The molecule has 3 heterocycles. The second kappa shape index (κ2) is 8.30. The number of hydrogen-bond acceptors (Lipinski definition) is 4. The number of rotatable bonds is 4. The largest absolute Gasteiger partial charge is 0.292 e. The van der Waals surface area contributed by atoms with Crippen molar-refractivity contribution >= 4 is 10.0 Å². The number of aryl methyl sites for hydroxylation is 1. The van der Waals surface area contributed by atoms with Crippen LogP contribution < -0.4 is 0 Å². The van der Waals surface area contributed by atoms with Crippen molar-refractivity contribution in [3.05, 3.63) is 59.9 Å². The van der Waals surface area contributed by atoms with Crippen LogP contribution in [-0.2, 0) is 10.0 Å². The lowest BCUT2D eigenvalue weighted by molar-refractivity contribution is -0.131. The topological polar surface area (TPSA) is 53.5 Å². The Morgan fingerprint density at radius 1 is 0.968 bits per heavy atom. The Hall–Kier alpha value is -1.76. The van der Waals surface area contributed by atoms with Crippen molar-refractivity contribution in [2.75, 3.05) is 19.6 Å². The van der Waals surface area contributed by atoms with E-state index in [1.807, 2.05) is 37.5 Å². The van der Waals surface area contributed by atoms with Crippen molar-refractivity contribution in [2.24, 2.45) is 5.41 Å². The van der Waals surface area contributed by atoms with Crippen molar-refractivity contribution in [2.45, 2.75) is 68.8 Å². The van der Waals surface area contributed by atoms with Gasteiger partial charge in [0.25, 0.3) is 0 Å². The maximum atomic E-state index is 13.2. The number of sulfonamides is 1. The predicted molar refractivity (Wildman–Crippen MR) is 122 cm³/mol. The van der Waals surface area contributed by atoms with Crippen LogP contribution in [0.3, 0.4) is 0 Å². The molecule has 3 fully saturated rings. The van der Waals surface area contributed by atoms with E-state index in [4.69, 9.17) is 0 Å². The number of likely N-dealkylation sites (tertiary alicyclic amines) is 1. The zero-order valence-corrected chi connectivity index (χ0v) is 19.2. The van der Waals surface area contributed by atoms with Crippen LogP contribution in [0.25, 0.3) is 0 Å². The zero-order chi connectivity index (χ0) is 21.5. The van der Waals surface area contributed by atoms with Gasteiger partial charge in [-0.05, 0) is 61.9 Å². The summed E-state index contributed by atoms with van der Waals surface area (Å²) in [6.45, 7) is 4.25. The minimum Gasteiger partial charge on any atom is -0.292 e. The lowest BCUT2D eigenvalue weighted by atomic mass is 9.60. The smallest absolute Gasteiger partial charge is 0.243 e. The molecule has 1 aromatic heterocycles. The second-order valence-corrected chi connectivity index (χ2v) is 11.6. The average Bonchev–Trinajstić information content (AvgIpc) is 2.79. The normalized spacial score (nSPS) is 25.4. The molecule has 166 valence electrons. The molecule has 1 spiro atoms. The molecular formula is C25H33N3O2S. The van der Waals surface area contributed by atoms with Gasteiger partial charge in [-0.1, -0.05) is 37.5 Å². The molecule has 0 radical (unpaired) electrons. The molecule has 3 aliphatic rings. The molecule has 6 heteroatoms. The molecular weight excluding hydrogens is 406 g/mol. The van der Waals surface area contributed by atoms with Crippen LogP contribution in [0, 0.1) is 12.3 Å². The van der Waals surface area contributed by atoms with Gasteiger partial charge in [0.1, 0.15) is 0 Å². The van der Waals surface area contributed by atoms with E-state index < -0.39 is 10.0 Å². The van der Waals surface area contributed by atoms with Crippen LogP contribution in [0.4, 0.5) is 0 Å². The molecule has 0 amide bonds. The minimum atomic E-state index is -3.42. The average molecular weight is 440 g/mol. The highest BCUT2D eigenvalue weighted by Crippen LogP contribution is 2.58. The molecule has 1 unspecified atom stereocenters. The van der Waals surface area contributed by atoms with Gasteiger partial charge in [0.15, 0.2) is 0 Å². The molecule has 1 aliphatic carbocycles. The van der Waals surface area contributed by atoms with Gasteiger partial charge in [-0.25, -0.2) is 8.42 Å². The molecule has 5 nitrogen and oxygen atoms in total. The fourth-order valence-corrected chi connectivity index (χ4v) is 7.99. The Labute approximate surface area is 186 Å². The van der Waals surface area contributed by atoms with Crippen molar-refractivity contribution in [3.8, 4) is 0 Å². The third kappa shape index (κ3) is 3.73. The van der Waals surface area contributed by atoms with Crippen molar-refractivity contribution in [1.82, 2.24) is 14.2 Å². The number of piperidine rings is 1. The third-order valence-corrected chi connectivity index (χ3v) is 9.94. The van der Waals surface area contributed by atoms with E-state index in [0.717, 1.165) is 24.9 Å². The van der Waals surface area contributed by atoms with E-state index in [0.29, 0.717) is 35.5 Å². The Balaban J connectivity index is 1.32. The fourth-order valence-electron chi connectivity index (χ4n) is 6.30. The molecule has 1 saturated carbocycles. The van der Waals surface area contributed by atoms with Gasteiger partial charge in [-0.15, -0.1) is 0 Å². The van der Waals surface area contributed by atoms with Gasteiger partial charge < -0.3 is 0 Å². The van der Waals surface area contributed by atoms with Crippen LogP contribution >= 0.6 is 0 Å². The number of benzene rings is 1. The summed E-state index contributed by atoms with van der Waals surface area (Å²) in [5.41, 5.74) is 2.62. The van der Waals surface area contributed by atoms with E-state index in [9.17, 15) is 8.42 Å². The number of pyridine rings is 1. The molecule has 1 atom stereocenters. The second-order valence-electron chi connectivity index (χ2n) is 9.68. The van der Waals surface area contributed by atoms with Gasteiger partial charge in [0.05, 0.1) is 4.90 Å². The number of hydrogen-bond donors (Lipinski definition) is 0. The molecule has 0 bridgehead atoms. The first-order chi connectivity index (χ1) is 15.0. The first-order valence-electron chi connectivity index (χ1n) is 11.7. The third-order valence-electron chi connectivity index (χ3n) is 7.88. The van der Waals surface area contributed by atoms with Gasteiger partial charge in [0, 0.05) is 49.5 Å². The van der Waals surface area contributed by atoms with Crippen LogP contribution in [-0.4, -0.2) is 48.3 Å². The highest BCUT2D eigenvalue weighted by molar-refractivity contribution is 7.89. The lowest BCUT2D eigenvalue weighted by Crippen LogP contribution is -2.63. The van der Waals surface area contributed by atoms with Gasteiger partial charge in [-0.3, -0.25) is 9.88 Å². The van der Waals surface area contributed by atoms with Crippen molar-refractivity contribution in [3.63, 3.8) is 0 Å². The fraction of sp³-hybridized carbons (Fsp3) is 0.560. The summed E-state index contributed by atoms with van der Waals surface area (Å²) in [6, 6.07) is 12.6. The standard InChI is InChI=1S/C25H33N3O2S/c1-20-7-3-4-8-23(20)31(29,30)27-17-11-22(12-18-27)28-19-25(13-5-2-6-14-25)24(28)21-9-15-26-16-10-21/h3-4,7-10,15-16,22,24H,2,5-6,11-14,17-19H2,1H3. The van der Waals surface area contributed by atoms with E-state index in [1.165, 1.54) is 37.7 Å². The summed E-state index contributed by atoms with van der Waals surface area (Å²) in [6.07, 6.45) is 12.3. The number of aromatic nitrogens is 1. The van der Waals surface area contributed by atoms with Gasteiger partial charge in [-0.2, -0.15) is 4.31 Å². The summed E-state index contributed by atoms with van der Waals surface area (Å²) < 4.78 is 28.1. The van der Waals surface area contributed by atoms with Crippen molar-refractivity contribution < 1.29 is 8.42 Å². The Morgan fingerprint density at radius 3 is 2.32 bits per heavy atom. The highest BCUT2D eigenvalue weighted by atomic mass is 32.2. The molecule has 0 N–H and O–H groups in total. The lowest BCUT2D eigenvalue weighted by Gasteiger charge is -2.63. The summed E-state index contributed by atoms with van der Waals surface area (Å²) in [7, 11) is -3.42. The molecule has 31 heavy (non-hydrogen) atoms. The summed E-state index contributed by atoms with van der Waals surface area (Å²) in [4.78, 5) is 7.37. The van der Waals surface area contributed by atoms with E-state index in [-0.39, 0.29) is 0 Å². The van der Waals surface area contributed by atoms with Crippen LogP contribution in [0.5, 0.6) is 0 Å². The Kier molecular flexibility index (Phi) is 5.65. The van der Waals surface area contributed by atoms with Gasteiger partial charge in [0.2, 0.25) is 10.0 Å². The molecule has 2 aliphatic heterocycles. The quantitative estimate of drug-likeness (QED) is 0.701. The number of nitrogens with zero attached hydrogens (tertiary/aromatic N) is 3. The molecule has 2 saturated heterocycles. The molecule has 1 aromatic carbocycles. The first-order valence-corrected chi connectivity index (χ1v) is 13.2. The van der Waals surface area contributed by atoms with Crippen molar-refractivity contribution in [1.29, 1.82) is 0 Å². The van der Waals surface area contributed by atoms with Crippen LogP contribution in [0.1, 0.15) is 62.1 Å². The van der Waals surface area contributed by atoms with Crippen LogP contribution in [0.15, 0.2) is 53.7 Å². The maximum Gasteiger partial charge on any atom is 0.243 e. The zero-order valence-electron chi connectivity index (χ0n) is 18.4. The van der Waals surface area contributed by atoms with Gasteiger partial charge >= 0.3 is 0 Å². The minimum absolute atomic E-state index is 0.407. The first kappa shape index (κ1) is 21.1. The highest BCUT2D eigenvalue weighted by Gasteiger charge is 2.55. The predicted octanol–water partition coefficient (Wildman–Crippen LogP) is 4.55. The van der Waals surface area contributed by atoms with E-state index in [2.05, 4.69) is 22.0 Å². The van der Waals surface area contributed by atoms with E-state index in [1.54, 1.807) is 10.4 Å². The summed E-state index contributed by atoms with van der Waals surface area (Å²) >= 11 is 0. The molecule has 5 rings (SSSR count). The monoisotopic (exact) mass is 439 g/mol. The molecule has 2 aromatic rings. The SMILES string of the molecule is Cc1ccccc1S(=O)(=O)N1CCC(N2CC3(CCCCC3)C2c2ccncc2)CC1. The summed E-state index contributed by atoms with van der Waals surface area (Å²) in [5.74, 6) is 0.